The Kier molecular flexibility index (Phi) is 4.68. The van der Waals surface area contributed by atoms with Crippen LogP contribution in [0.2, 0.25) is 0 Å². The van der Waals surface area contributed by atoms with E-state index in [-0.39, 0.29) is 0 Å². The highest BCUT2D eigenvalue weighted by Gasteiger charge is 2.20. The molecule has 0 saturated carbocycles. The van der Waals surface area contributed by atoms with Gasteiger partial charge in [-0.15, -0.1) is 0 Å². The Balaban J connectivity index is 1.37. The number of hydrogen-bond acceptors (Lipinski definition) is 3. The normalized spacial score (nSPS) is 11.7. The third-order valence-corrected chi connectivity index (χ3v) is 8.54. The highest BCUT2D eigenvalue weighted by molar-refractivity contribution is 6.14. The van der Waals surface area contributed by atoms with Crippen LogP contribution in [0.25, 0.3) is 76.9 Å². The first kappa shape index (κ1) is 23.4. The zero-order valence-electron chi connectivity index (χ0n) is 22.7. The van der Waals surface area contributed by atoms with Crippen molar-refractivity contribution in [3.63, 3.8) is 0 Å². The van der Waals surface area contributed by atoms with Crippen LogP contribution in [0, 0.1) is 22.7 Å². The molecule has 0 N–H and O–H groups in total. The number of rotatable bonds is 2. The molecule has 5 heteroatoms. The number of fused-ring (bicyclic) bond motifs is 9. The molecule has 0 atom stereocenters. The maximum absolute atomic E-state index is 10.1. The minimum atomic E-state index is 0.548. The summed E-state index contributed by atoms with van der Waals surface area (Å²) in [6.45, 7) is 0. The topological polar surface area (TPSA) is 70.6 Å². The third-order valence-electron chi connectivity index (χ3n) is 8.54. The van der Waals surface area contributed by atoms with E-state index >= 15 is 0 Å². The second kappa shape index (κ2) is 8.60. The van der Waals surface area contributed by atoms with Crippen LogP contribution in [0.15, 0.2) is 126 Å². The fraction of sp³-hybridized carbons (Fsp3) is 0. The number of hydrogen-bond donors (Lipinski definition) is 0. The summed E-state index contributed by atoms with van der Waals surface area (Å²) in [5, 5.41) is 26.0. The molecule has 3 aromatic heterocycles. The Morgan fingerprint density at radius 2 is 1.05 bits per heavy atom. The average molecular weight is 549 g/mol. The number of para-hydroxylation sites is 3. The van der Waals surface area contributed by atoms with Crippen molar-refractivity contribution in [3.8, 4) is 23.5 Å². The van der Waals surface area contributed by atoms with Crippen LogP contribution in [0.1, 0.15) is 11.1 Å². The van der Waals surface area contributed by atoms with Gasteiger partial charge in [0, 0.05) is 38.0 Å². The fourth-order valence-electron chi connectivity index (χ4n) is 6.72. The van der Waals surface area contributed by atoms with Crippen molar-refractivity contribution in [1.29, 1.82) is 10.5 Å². The number of benzene rings is 6. The highest BCUT2D eigenvalue weighted by atomic mass is 16.3. The van der Waals surface area contributed by atoms with Crippen LogP contribution in [0.3, 0.4) is 0 Å². The van der Waals surface area contributed by atoms with E-state index in [9.17, 15) is 10.5 Å². The van der Waals surface area contributed by atoms with Gasteiger partial charge in [0.1, 0.15) is 5.58 Å². The summed E-state index contributed by atoms with van der Waals surface area (Å²) in [5.74, 6) is 0. The Morgan fingerprint density at radius 1 is 0.465 bits per heavy atom. The van der Waals surface area contributed by atoms with Crippen LogP contribution >= 0.6 is 0 Å². The summed E-state index contributed by atoms with van der Waals surface area (Å²) in [6.07, 6.45) is 0. The summed E-state index contributed by atoms with van der Waals surface area (Å²) >= 11 is 0. The van der Waals surface area contributed by atoms with E-state index in [0.29, 0.717) is 16.7 Å². The van der Waals surface area contributed by atoms with E-state index in [1.165, 1.54) is 10.8 Å². The molecular formula is C38H20N4O. The average Bonchev–Trinajstić information content (AvgIpc) is 3.71. The van der Waals surface area contributed by atoms with Crippen molar-refractivity contribution in [3.05, 3.63) is 132 Å². The second-order valence-corrected chi connectivity index (χ2v) is 10.8. The van der Waals surface area contributed by atoms with E-state index in [0.717, 1.165) is 60.6 Å². The van der Waals surface area contributed by atoms with E-state index in [1.807, 2.05) is 48.5 Å². The van der Waals surface area contributed by atoms with Gasteiger partial charge < -0.3 is 13.6 Å². The maximum Gasteiger partial charge on any atom is 0.159 e. The standard InChI is InChI=1S/C38H20N4O/c39-21-23-13-15-35-29(17-23)28-9-3-6-12-34(28)42(35)36-19-24(22-40)18-31-30-20-25(14-16-37(30)43-38(31)36)41-32-10-4-1-7-26(32)27-8-2-5-11-33(27)41/h1-20H. The predicted octanol–water partition coefficient (Wildman–Crippen LogP) is 9.52. The van der Waals surface area contributed by atoms with Gasteiger partial charge in [0.15, 0.2) is 5.58 Å². The molecule has 0 spiro atoms. The molecule has 43 heavy (non-hydrogen) atoms. The lowest BCUT2D eigenvalue weighted by Crippen LogP contribution is -1.96. The third kappa shape index (κ3) is 3.19. The van der Waals surface area contributed by atoms with Gasteiger partial charge in [0.25, 0.3) is 0 Å². The maximum atomic E-state index is 10.1. The SMILES string of the molecule is N#Cc1cc(-n2c3ccccc3c3cc(C#N)ccc32)c2oc3ccc(-n4c5ccccc5c5ccccc54)cc3c2c1. The van der Waals surface area contributed by atoms with Gasteiger partial charge in [-0.05, 0) is 66.7 Å². The van der Waals surface area contributed by atoms with Gasteiger partial charge in [-0.3, -0.25) is 0 Å². The molecule has 0 aliphatic carbocycles. The molecule has 0 unspecified atom stereocenters. The molecule has 0 fully saturated rings. The monoisotopic (exact) mass is 548 g/mol. The zero-order valence-corrected chi connectivity index (χ0v) is 22.7. The minimum absolute atomic E-state index is 0.548. The van der Waals surface area contributed by atoms with Crippen molar-refractivity contribution < 1.29 is 4.42 Å². The van der Waals surface area contributed by atoms with Crippen LogP contribution in [-0.2, 0) is 0 Å². The second-order valence-electron chi connectivity index (χ2n) is 10.8. The first-order valence-corrected chi connectivity index (χ1v) is 14.1. The van der Waals surface area contributed by atoms with Gasteiger partial charge in [0.2, 0.25) is 0 Å². The van der Waals surface area contributed by atoms with Gasteiger partial charge in [-0.25, -0.2) is 0 Å². The molecule has 6 aromatic carbocycles. The van der Waals surface area contributed by atoms with Gasteiger partial charge in [-0.2, -0.15) is 10.5 Å². The lowest BCUT2D eigenvalue weighted by molar-refractivity contribution is 0.666. The Bertz CT molecular complexity index is 2650. The first-order valence-electron chi connectivity index (χ1n) is 14.1. The number of nitriles is 2. The van der Waals surface area contributed by atoms with E-state index in [1.54, 1.807) is 0 Å². The highest BCUT2D eigenvalue weighted by Crippen LogP contribution is 2.40. The molecule has 0 aliphatic heterocycles. The quantitative estimate of drug-likeness (QED) is 0.216. The Morgan fingerprint density at radius 3 is 1.72 bits per heavy atom. The molecule has 0 bridgehead atoms. The molecule has 198 valence electrons. The molecule has 3 heterocycles. The molecule has 9 rings (SSSR count). The zero-order chi connectivity index (χ0) is 28.7. The lowest BCUT2D eigenvalue weighted by atomic mass is 10.1. The largest absolute Gasteiger partial charge is 0.454 e. The molecule has 9 aromatic rings. The van der Waals surface area contributed by atoms with Crippen molar-refractivity contribution in [1.82, 2.24) is 9.13 Å². The van der Waals surface area contributed by atoms with Crippen molar-refractivity contribution in [2.75, 3.05) is 0 Å². The fourth-order valence-corrected chi connectivity index (χ4v) is 6.72. The van der Waals surface area contributed by atoms with Crippen LogP contribution in [0.4, 0.5) is 0 Å². The van der Waals surface area contributed by atoms with Crippen LogP contribution in [0.5, 0.6) is 0 Å². The smallest absolute Gasteiger partial charge is 0.159 e. The van der Waals surface area contributed by atoms with Gasteiger partial charge >= 0.3 is 0 Å². The number of aromatic nitrogens is 2. The first-order chi connectivity index (χ1) is 21.2. The van der Waals surface area contributed by atoms with E-state index < -0.39 is 0 Å². The van der Waals surface area contributed by atoms with Crippen LogP contribution < -0.4 is 0 Å². The summed E-state index contributed by atoms with van der Waals surface area (Å²) in [6, 6.07) is 45.5. The van der Waals surface area contributed by atoms with Crippen molar-refractivity contribution in [2.45, 2.75) is 0 Å². The Labute approximate surface area is 245 Å². The summed E-state index contributed by atoms with van der Waals surface area (Å²) in [4.78, 5) is 0. The molecule has 0 aliphatic rings. The molecule has 0 saturated heterocycles. The molecular weight excluding hydrogens is 528 g/mol. The molecule has 0 radical (unpaired) electrons. The van der Waals surface area contributed by atoms with Gasteiger partial charge in [0.05, 0.1) is 51.0 Å². The molecule has 5 nitrogen and oxygen atoms in total. The summed E-state index contributed by atoms with van der Waals surface area (Å²) in [7, 11) is 0. The summed E-state index contributed by atoms with van der Waals surface area (Å²) in [5.41, 5.74) is 8.63. The number of nitrogens with zero attached hydrogens (tertiary/aromatic N) is 4. The van der Waals surface area contributed by atoms with E-state index in [2.05, 4.69) is 94.1 Å². The van der Waals surface area contributed by atoms with E-state index in [4.69, 9.17) is 4.42 Å². The van der Waals surface area contributed by atoms with Crippen molar-refractivity contribution >= 4 is 65.6 Å². The summed E-state index contributed by atoms with van der Waals surface area (Å²) < 4.78 is 11.0. The minimum Gasteiger partial charge on any atom is -0.454 e. The predicted molar refractivity (Wildman–Crippen MR) is 172 cm³/mol. The van der Waals surface area contributed by atoms with Crippen LogP contribution in [-0.4, -0.2) is 9.13 Å². The van der Waals surface area contributed by atoms with Gasteiger partial charge in [-0.1, -0.05) is 54.6 Å². The Hall–Kier alpha value is -6.30. The van der Waals surface area contributed by atoms with Crippen molar-refractivity contribution in [2.24, 2.45) is 0 Å². The lowest BCUT2D eigenvalue weighted by Gasteiger charge is -2.09. The molecule has 0 amide bonds. The number of furan rings is 1.